The number of unbranched alkanes of at least 4 members (excludes halogenated alkanes) is 1. The van der Waals surface area contributed by atoms with Crippen molar-refractivity contribution in [3.05, 3.63) is 35.9 Å². The molecule has 0 aliphatic carbocycles. The van der Waals surface area contributed by atoms with Gasteiger partial charge in [-0.3, -0.25) is 0 Å². The minimum Gasteiger partial charge on any atom is -0.310 e. The Labute approximate surface area is 85.3 Å². The molecule has 1 rings (SSSR count). The average molecular weight is 191 g/mol. The number of hydrogen-bond acceptors (Lipinski definition) is 2. The topological polar surface area (TPSA) is 29.1 Å². The van der Waals surface area contributed by atoms with Gasteiger partial charge in [-0.2, -0.15) is 0 Å². The van der Waals surface area contributed by atoms with E-state index in [1.807, 2.05) is 6.07 Å². The molecule has 1 aromatic carbocycles. The Hall–Kier alpha value is -1.15. The van der Waals surface area contributed by atoms with E-state index in [1.165, 1.54) is 12.0 Å². The minimum atomic E-state index is 0.478. The molecule has 0 unspecified atom stereocenters. The number of carbonyl (C=O) groups is 1. The van der Waals surface area contributed by atoms with Crippen molar-refractivity contribution in [2.24, 2.45) is 0 Å². The Balaban J connectivity index is 2.02. The first-order valence-corrected chi connectivity index (χ1v) is 5.12. The summed E-state index contributed by atoms with van der Waals surface area (Å²) in [5.74, 6) is 0. The number of nitrogens with one attached hydrogen (secondary N) is 1. The zero-order valence-electron chi connectivity index (χ0n) is 8.41. The zero-order valence-corrected chi connectivity index (χ0v) is 8.41. The van der Waals surface area contributed by atoms with Crippen LogP contribution in [0.3, 0.4) is 0 Å². The van der Waals surface area contributed by atoms with Gasteiger partial charge in [-0.05, 0) is 31.4 Å². The van der Waals surface area contributed by atoms with Gasteiger partial charge in [0.1, 0.15) is 6.29 Å². The summed E-state index contributed by atoms with van der Waals surface area (Å²) in [6.45, 7) is 1.41. The molecule has 0 saturated heterocycles. The predicted octanol–water partition coefficient (Wildman–Crippen LogP) is 1.80. The lowest BCUT2D eigenvalue weighted by Gasteiger charge is -2.01. The van der Waals surface area contributed by atoms with E-state index in [0.717, 1.165) is 25.7 Å². The molecule has 0 spiro atoms. The summed E-state index contributed by atoms with van der Waals surface area (Å²) in [6.07, 6.45) is 4.33. The summed E-state index contributed by atoms with van der Waals surface area (Å²) < 4.78 is 0. The number of carbonyl (C=O) groups excluding carboxylic acids is 1. The molecule has 0 aliphatic heterocycles. The minimum absolute atomic E-state index is 0.478. The molecule has 2 heteroatoms. The Morgan fingerprint density at radius 2 is 1.93 bits per heavy atom. The van der Waals surface area contributed by atoms with Gasteiger partial charge in [0.05, 0.1) is 6.54 Å². The van der Waals surface area contributed by atoms with Gasteiger partial charge in [0, 0.05) is 0 Å². The maximum Gasteiger partial charge on any atom is 0.133 e. The summed E-state index contributed by atoms with van der Waals surface area (Å²) in [6, 6.07) is 10.5. The molecule has 0 aromatic heterocycles. The normalized spacial score (nSPS) is 10.0. The fraction of sp³-hybridized carbons (Fsp3) is 0.417. The van der Waals surface area contributed by atoms with Gasteiger partial charge in [0.2, 0.25) is 0 Å². The molecular formula is C12H17NO. The highest BCUT2D eigenvalue weighted by Gasteiger charge is 1.91. The summed E-state index contributed by atoms with van der Waals surface area (Å²) >= 11 is 0. The van der Waals surface area contributed by atoms with Gasteiger partial charge < -0.3 is 10.1 Å². The van der Waals surface area contributed by atoms with Gasteiger partial charge in [0.25, 0.3) is 0 Å². The van der Waals surface area contributed by atoms with Crippen molar-refractivity contribution in [3.8, 4) is 0 Å². The second kappa shape index (κ2) is 7.27. The Bertz CT molecular complexity index is 246. The first-order chi connectivity index (χ1) is 6.93. The van der Waals surface area contributed by atoms with Crippen LogP contribution in [0.1, 0.15) is 18.4 Å². The van der Waals surface area contributed by atoms with Crippen LogP contribution in [0.5, 0.6) is 0 Å². The maximum absolute atomic E-state index is 10.00. The lowest BCUT2D eigenvalue weighted by molar-refractivity contribution is -0.107. The van der Waals surface area contributed by atoms with Crippen molar-refractivity contribution < 1.29 is 4.79 Å². The Kier molecular flexibility index (Phi) is 5.68. The van der Waals surface area contributed by atoms with Crippen molar-refractivity contribution >= 4 is 6.29 Å². The largest absolute Gasteiger partial charge is 0.310 e. The summed E-state index contributed by atoms with van der Waals surface area (Å²) in [5.41, 5.74) is 1.39. The molecule has 0 aliphatic rings. The van der Waals surface area contributed by atoms with E-state index in [1.54, 1.807) is 0 Å². The van der Waals surface area contributed by atoms with Gasteiger partial charge in [-0.15, -0.1) is 0 Å². The molecule has 14 heavy (non-hydrogen) atoms. The highest BCUT2D eigenvalue weighted by atomic mass is 16.1. The molecule has 0 bridgehead atoms. The number of rotatable bonds is 7. The van der Waals surface area contributed by atoms with E-state index in [0.29, 0.717) is 6.54 Å². The third-order valence-corrected chi connectivity index (χ3v) is 2.14. The van der Waals surface area contributed by atoms with Crippen LogP contribution in [0, 0.1) is 0 Å². The molecule has 0 radical (unpaired) electrons. The predicted molar refractivity (Wildman–Crippen MR) is 58.3 cm³/mol. The van der Waals surface area contributed by atoms with Crippen molar-refractivity contribution in [1.29, 1.82) is 0 Å². The molecule has 2 nitrogen and oxygen atoms in total. The van der Waals surface area contributed by atoms with Crippen LogP contribution < -0.4 is 5.32 Å². The molecule has 1 N–H and O–H groups in total. The van der Waals surface area contributed by atoms with E-state index < -0.39 is 0 Å². The van der Waals surface area contributed by atoms with Crippen LogP contribution in [0.2, 0.25) is 0 Å². The zero-order chi connectivity index (χ0) is 10.1. The third-order valence-electron chi connectivity index (χ3n) is 2.14. The number of aryl methyl sites for hydroxylation is 1. The van der Waals surface area contributed by atoms with Gasteiger partial charge >= 0.3 is 0 Å². The van der Waals surface area contributed by atoms with E-state index in [2.05, 4.69) is 29.6 Å². The standard InChI is InChI=1S/C12H17NO/c14-11-10-13-9-5-4-8-12-6-2-1-3-7-12/h1-3,6-7,11,13H,4-5,8-10H2. The van der Waals surface area contributed by atoms with Crippen molar-refractivity contribution in [3.63, 3.8) is 0 Å². The molecule has 0 atom stereocenters. The summed E-state index contributed by atoms with van der Waals surface area (Å²) in [5, 5.41) is 3.05. The van der Waals surface area contributed by atoms with E-state index >= 15 is 0 Å². The van der Waals surface area contributed by atoms with Crippen LogP contribution in [0.25, 0.3) is 0 Å². The van der Waals surface area contributed by atoms with E-state index in [9.17, 15) is 4.79 Å². The third kappa shape index (κ3) is 4.77. The van der Waals surface area contributed by atoms with Gasteiger partial charge in [0.15, 0.2) is 0 Å². The Morgan fingerprint density at radius 1 is 1.14 bits per heavy atom. The van der Waals surface area contributed by atoms with Crippen LogP contribution in [-0.4, -0.2) is 19.4 Å². The van der Waals surface area contributed by atoms with Crippen LogP contribution in [-0.2, 0) is 11.2 Å². The molecule has 0 saturated carbocycles. The highest BCUT2D eigenvalue weighted by Crippen LogP contribution is 2.03. The smallest absolute Gasteiger partial charge is 0.133 e. The van der Waals surface area contributed by atoms with Gasteiger partial charge in [-0.1, -0.05) is 30.3 Å². The Morgan fingerprint density at radius 3 is 2.64 bits per heavy atom. The second-order valence-electron chi connectivity index (χ2n) is 3.31. The van der Waals surface area contributed by atoms with Gasteiger partial charge in [-0.25, -0.2) is 0 Å². The molecule has 0 amide bonds. The summed E-state index contributed by atoms with van der Waals surface area (Å²) in [4.78, 5) is 10.00. The van der Waals surface area contributed by atoms with Crippen molar-refractivity contribution in [1.82, 2.24) is 5.32 Å². The fourth-order valence-electron chi connectivity index (χ4n) is 1.38. The molecule has 0 heterocycles. The number of aldehydes is 1. The first-order valence-electron chi connectivity index (χ1n) is 5.12. The quantitative estimate of drug-likeness (QED) is 0.526. The monoisotopic (exact) mass is 191 g/mol. The highest BCUT2D eigenvalue weighted by molar-refractivity contribution is 5.51. The first kappa shape index (κ1) is 10.9. The van der Waals surface area contributed by atoms with Crippen LogP contribution in [0.4, 0.5) is 0 Å². The lowest BCUT2D eigenvalue weighted by Crippen LogP contribution is -2.17. The molecule has 76 valence electrons. The van der Waals surface area contributed by atoms with Crippen molar-refractivity contribution in [2.45, 2.75) is 19.3 Å². The summed E-state index contributed by atoms with van der Waals surface area (Å²) in [7, 11) is 0. The average Bonchev–Trinajstić information content (AvgIpc) is 2.25. The number of benzene rings is 1. The SMILES string of the molecule is O=CCNCCCCc1ccccc1. The molecular weight excluding hydrogens is 174 g/mol. The molecule has 1 aromatic rings. The maximum atomic E-state index is 10.00. The van der Waals surface area contributed by atoms with E-state index in [-0.39, 0.29) is 0 Å². The number of hydrogen-bond donors (Lipinski definition) is 1. The fourth-order valence-corrected chi connectivity index (χ4v) is 1.38. The lowest BCUT2D eigenvalue weighted by atomic mass is 10.1. The van der Waals surface area contributed by atoms with E-state index in [4.69, 9.17) is 0 Å². The van der Waals surface area contributed by atoms with Crippen LogP contribution in [0.15, 0.2) is 30.3 Å². The van der Waals surface area contributed by atoms with Crippen molar-refractivity contribution in [2.75, 3.05) is 13.1 Å². The van der Waals surface area contributed by atoms with Crippen LogP contribution >= 0.6 is 0 Å². The second-order valence-corrected chi connectivity index (χ2v) is 3.31. The molecule has 0 fully saturated rings.